The molecule has 1 amide bonds. The van der Waals surface area contributed by atoms with Crippen molar-refractivity contribution >= 4 is 11.9 Å². The highest BCUT2D eigenvalue weighted by Crippen LogP contribution is 2.25. The molecule has 1 aliphatic rings. The number of alkyl halides is 3. The lowest BCUT2D eigenvalue weighted by molar-refractivity contribution is -0.274. The molecule has 2 aromatic rings. The Morgan fingerprint density at radius 1 is 1.32 bits per heavy atom. The molecular weight excluding hydrogens is 345 g/mol. The quantitative estimate of drug-likeness (QED) is 0.890. The van der Waals surface area contributed by atoms with E-state index in [1.165, 1.54) is 23.0 Å². The molecular formula is C14H11F3N4O4. The molecule has 2 heterocycles. The van der Waals surface area contributed by atoms with E-state index in [2.05, 4.69) is 14.9 Å². The van der Waals surface area contributed by atoms with E-state index in [1.807, 2.05) is 0 Å². The number of aliphatic carboxylic acids is 1. The van der Waals surface area contributed by atoms with Gasteiger partial charge in [0.15, 0.2) is 5.82 Å². The molecule has 11 heteroatoms. The van der Waals surface area contributed by atoms with Crippen LogP contribution in [-0.2, 0) is 17.9 Å². The second-order valence-electron chi connectivity index (χ2n) is 5.26. The van der Waals surface area contributed by atoms with E-state index in [0.29, 0.717) is 5.82 Å². The van der Waals surface area contributed by atoms with Crippen molar-refractivity contribution < 1.29 is 32.6 Å². The van der Waals surface area contributed by atoms with E-state index >= 15 is 0 Å². The Hall–Kier alpha value is -3.11. The van der Waals surface area contributed by atoms with Crippen LogP contribution >= 0.6 is 0 Å². The summed E-state index contributed by atoms with van der Waals surface area (Å²) in [6, 6.07) is 3.27. The number of benzene rings is 1. The molecule has 1 aromatic carbocycles. The van der Waals surface area contributed by atoms with Gasteiger partial charge in [-0.25, -0.2) is 4.79 Å². The van der Waals surface area contributed by atoms with Gasteiger partial charge in [-0.3, -0.25) is 4.79 Å². The number of rotatable bonds is 3. The van der Waals surface area contributed by atoms with Gasteiger partial charge in [-0.1, -0.05) is 6.07 Å². The second kappa shape index (κ2) is 6.07. The first-order chi connectivity index (χ1) is 11.7. The molecule has 0 bridgehead atoms. The van der Waals surface area contributed by atoms with Gasteiger partial charge < -0.3 is 19.3 Å². The molecule has 1 N–H and O–H groups in total. The van der Waals surface area contributed by atoms with E-state index < -0.39 is 30.0 Å². The first-order valence-corrected chi connectivity index (χ1v) is 7.01. The van der Waals surface area contributed by atoms with Gasteiger partial charge in [0.05, 0.1) is 13.1 Å². The molecule has 0 radical (unpaired) electrons. The molecule has 0 saturated carbocycles. The molecule has 1 aromatic heterocycles. The van der Waals surface area contributed by atoms with E-state index in [-0.39, 0.29) is 18.7 Å². The lowest BCUT2D eigenvalue weighted by Gasteiger charge is -2.33. The molecule has 0 aliphatic carbocycles. The summed E-state index contributed by atoms with van der Waals surface area (Å²) in [6.45, 7) is -0.178. The maximum Gasteiger partial charge on any atom is 0.573 e. The highest BCUT2D eigenvalue weighted by Gasteiger charge is 2.36. The van der Waals surface area contributed by atoms with E-state index in [1.54, 1.807) is 0 Å². The van der Waals surface area contributed by atoms with Gasteiger partial charge in [-0.15, -0.1) is 23.4 Å². The fraction of sp³-hybridized carbons (Fsp3) is 0.286. The summed E-state index contributed by atoms with van der Waals surface area (Å²) in [5.41, 5.74) is -0.124. The van der Waals surface area contributed by atoms with Crippen molar-refractivity contribution in [3.63, 3.8) is 0 Å². The summed E-state index contributed by atoms with van der Waals surface area (Å²) in [5.74, 6) is -2.16. The minimum Gasteiger partial charge on any atom is -0.480 e. The van der Waals surface area contributed by atoms with Gasteiger partial charge in [-0.2, -0.15) is 0 Å². The number of ether oxygens (including phenoxy) is 1. The normalized spacial score (nSPS) is 17.1. The summed E-state index contributed by atoms with van der Waals surface area (Å²) in [5, 5.41) is 16.8. The molecule has 1 atom stereocenters. The number of fused-ring (bicyclic) bond motifs is 1. The van der Waals surface area contributed by atoms with Crippen LogP contribution in [0.5, 0.6) is 5.75 Å². The van der Waals surface area contributed by atoms with Crippen LogP contribution in [-0.4, -0.2) is 49.1 Å². The number of hydrogen-bond donors (Lipinski definition) is 1. The number of carboxylic acid groups (broad SMARTS) is 1. The molecule has 0 saturated heterocycles. The molecule has 0 fully saturated rings. The molecule has 1 unspecified atom stereocenters. The van der Waals surface area contributed by atoms with Crippen molar-refractivity contribution in [3.05, 3.63) is 42.0 Å². The van der Waals surface area contributed by atoms with Crippen molar-refractivity contribution in [1.29, 1.82) is 0 Å². The fourth-order valence-corrected chi connectivity index (χ4v) is 2.52. The van der Waals surface area contributed by atoms with Gasteiger partial charge in [0.25, 0.3) is 5.91 Å². The van der Waals surface area contributed by atoms with Crippen molar-refractivity contribution in [2.75, 3.05) is 0 Å². The lowest BCUT2D eigenvalue weighted by atomic mass is 10.1. The monoisotopic (exact) mass is 356 g/mol. The van der Waals surface area contributed by atoms with Crippen LogP contribution in [0.3, 0.4) is 0 Å². The summed E-state index contributed by atoms with van der Waals surface area (Å²) in [7, 11) is 0. The van der Waals surface area contributed by atoms with Crippen LogP contribution in [0.2, 0.25) is 0 Å². The van der Waals surface area contributed by atoms with Crippen molar-refractivity contribution in [2.45, 2.75) is 25.5 Å². The Morgan fingerprint density at radius 3 is 2.76 bits per heavy atom. The number of carboxylic acids is 1. The number of aromatic nitrogens is 3. The minimum atomic E-state index is -4.90. The van der Waals surface area contributed by atoms with Gasteiger partial charge >= 0.3 is 12.3 Å². The van der Waals surface area contributed by atoms with Crippen LogP contribution in [0, 0.1) is 0 Å². The third kappa shape index (κ3) is 3.54. The standard InChI is InChI=1S/C14H11F3N4O4/c15-14(16,17)25-9-3-1-2-8(4-9)12(22)21-6-11-19-18-7-20(11)5-10(21)13(23)24/h1-4,7,10H,5-6H2,(H,23,24). The number of carbonyl (C=O) groups is 2. The predicted molar refractivity (Wildman–Crippen MR) is 74.4 cm³/mol. The van der Waals surface area contributed by atoms with Crippen molar-refractivity contribution in [1.82, 2.24) is 19.7 Å². The first-order valence-electron chi connectivity index (χ1n) is 7.01. The molecule has 3 rings (SSSR count). The highest BCUT2D eigenvalue weighted by atomic mass is 19.4. The summed E-state index contributed by atoms with van der Waals surface area (Å²) in [6.07, 6.45) is -3.54. The van der Waals surface area contributed by atoms with Gasteiger partial charge in [0.2, 0.25) is 0 Å². The van der Waals surface area contributed by atoms with Gasteiger partial charge in [-0.05, 0) is 18.2 Å². The van der Waals surface area contributed by atoms with Crippen LogP contribution < -0.4 is 4.74 Å². The number of halogens is 3. The number of nitrogens with zero attached hydrogens (tertiary/aromatic N) is 4. The van der Waals surface area contributed by atoms with Crippen LogP contribution in [0.15, 0.2) is 30.6 Å². The Labute approximate surface area is 138 Å². The first kappa shape index (κ1) is 16.7. The third-order valence-corrected chi connectivity index (χ3v) is 3.61. The summed E-state index contributed by atoms with van der Waals surface area (Å²) < 4.78 is 42.2. The van der Waals surface area contributed by atoms with Gasteiger partial charge in [0, 0.05) is 5.56 Å². The predicted octanol–water partition coefficient (Wildman–Crippen LogP) is 1.29. The Morgan fingerprint density at radius 2 is 2.08 bits per heavy atom. The van der Waals surface area contributed by atoms with E-state index in [4.69, 9.17) is 0 Å². The van der Waals surface area contributed by atoms with E-state index in [0.717, 1.165) is 17.0 Å². The fourth-order valence-electron chi connectivity index (χ4n) is 2.52. The zero-order valence-electron chi connectivity index (χ0n) is 12.5. The smallest absolute Gasteiger partial charge is 0.480 e. The van der Waals surface area contributed by atoms with Crippen LogP contribution in [0.4, 0.5) is 13.2 Å². The van der Waals surface area contributed by atoms with Crippen LogP contribution in [0.1, 0.15) is 16.2 Å². The Balaban J connectivity index is 1.89. The largest absolute Gasteiger partial charge is 0.573 e. The van der Waals surface area contributed by atoms with Gasteiger partial charge in [0.1, 0.15) is 18.1 Å². The zero-order chi connectivity index (χ0) is 18.2. The van der Waals surface area contributed by atoms with Crippen molar-refractivity contribution in [3.8, 4) is 5.75 Å². The summed E-state index contributed by atoms with van der Waals surface area (Å²) >= 11 is 0. The molecule has 1 aliphatic heterocycles. The Bertz CT molecular complexity index is 820. The molecule has 132 valence electrons. The van der Waals surface area contributed by atoms with Crippen molar-refractivity contribution in [2.24, 2.45) is 0 Å². The number of carbonyl (C=O) groups excluding carboxylic acids is 1. The lowest BCUT2D eigenvalue weighted by Crippen LogP contribution is -2.50. The SMILES string of the molecule is O=C(O)C1Cn2cnnc2CN1C(=O)c1cccc(OC(F)(F)F)c1. The topological polar surface area (TPSA) is 97.5 Å². The van der Waals surface area contributed by atoms with E-state index in [9.17, 15) is 27.9 Å². The maximum atomic E-state index is 12.6. The zero-order valence-corrected chi connectivity index (χ0v) is 12.5. The second-order valence-corrected chi connectivity index (χ2v) is 5.26. The average molecular weight is 356 g/mol. The third-order valence-electron chi connectivity index (χ3n) is 3.61. The molecule has 25 heavy (non-hydrogen) atoms. The Kier molecular flexibility index (Phi) is 4.07. The van der Waals surface area contributed by atoms with Crippen LogP contribution in [0.25, 0.3) is 0 Å². The number of amides is 1. The minimum absolute atomic E-state index is 0.0534. The molecule has 0 spiro atoms. The maximum absolute atomic E-state index is 12.6. The highest BCUT2D eigenvalue weighted by molar-refractivity contribution is 5.97. The summed E-state index contributed by atoms with van der Waals surface area (Å²) in [4.78, 5) is 25.1. The molecule has 8 nitrogen and oxygen atoms in total. The number of hydrogen-bond acceptors (Lipinski definition) is 5. The average Bonchev–Trinajstić information content (AvgIpc) is 2.99.